The van der Waals surface area contributed by atoms with Gasteiger partial charge < -0.3 is 5.32 Å². The highest BCUT2D eigenvalue weighted by atomic mass is 35.5. The maximum Gasteiger partial charge on any atom is 0.262 e. The zero-order valence-corrected chi connectivity index (χ0v) is 17.4. The van der Waals surface area contributed by atoms with Crippen LogP contribution in [-0.2, 0) is 11.3 Å². The van der Waals surface area contributed by atoms with Gasteiger partial charge in [0.05, 0.1) is 16.7 Å². The second-order valence-electron chi connectivity index (χ2n) is 6.54. The molecule has 1 heterocycles. The van der Waals surface area contributed by atoms with E-state index in [4.69, 9.17) is 11.6 Å². The van der Waals surface area contributed by atoms with Gasteiger partial charge in [-0.15, -0.1) is 0 Å². The quantitative estimate of drug-likeness (QED) is 0.458. The third-order valence-electron chi connectivity index (χ3n) is 4.54. The topological polar surface area (TPSA) is 64.0 Å². The Balaban J connectivity index is 1.74. The predicted molar refractivity (Wildman–Crippen MR) is 115 cm³/mol. The van der Waals surface area contributed by atoms with Crippen molar-refractivity contribution in [1.29, 1.82) is 0 Å². The van der Waals surface area contributed by atoms with Crippen LogP contribution >= 0.6 is 23.4 Å². The minimum atomic E-state index is -0.113. The first-order chi connectivity index (χ1) is 13.5. The standard InChI is InChI=1S/C21H22ClN3O2S/c1-3-14(2)25-20(27)17-6-4-5-7-18(17)24-21(25)28-13-19(26)23-12-15-8-10-16(22)11-9-15/h4-11,14H,3,12-13H2,1-2H3,(H,23,26)/t14-/m1/s1. The first kappa shape index (κ1) is 20.4. The summed E-state index contributed by atoms with van der Waals surface area (Å²) in [5, 5.41) is 4.71. The molecule has 0 fully saturated rings. The molecule has 0 aliphatic rings. The molecule has 1 aromatic heterocycles. The molecule has 0 bridgehead atoms. The van der Waals surface area contributed by atoms with Crippen LogP contribution in [-0.4, -0.2) is 21.2 Å². The predicted octanol–water partition coefficient (Wildman–Crippen LogP) is 4.43. The van der Waals surface area contributed by atoms with Gasteiger partial charge in [-0.25, -0.2) is 4.98 Å². The van der Waals surface area contributed by atoms with Crippen LogP contribution in [0.4, 0.5) is 0 Å². The van der Waals surface area contributed by atoms with Crippen molar-refractivity contribution in [1.82, 2.24) is 14.9 Å². The van der Waals surface area contributed by atoms with Crippen molar-refractivity contribution in [2.45, 2.75) is 38.0 Å². The summed E-state index contributed by atoms with van der Waals surface area (Å²) in [4.78, 5) is 29.8. The summed E-state index contributed by atoms with van der Waals surface area (Å²) in [6, 6.07) is 14.6. The van der Waals surface area contributed by atoms with E-state index in [1.54, 1.807) is 22.8 Å². The van der Waals surface area contributed by atoms with E-state index >= 15 is 0 Å². The van der Waals surface area contributed by atoms with Gasteiger partial charge in [0.1, 0.15) is 0 Å². The molecular weight excluding hydrogens is 394 g/mol. The minimum absolute atomic E-state index is 0.00392. The number of para-hydroxylation sites is 1. The van der Waals surface area contributed by atoms with E-state index in [0.29, 0.717) is 27.6 Å². The molecule has 1 N–H and O–H groups in total. The monoisotopic (exact) mass is 415 g/mol. The molecule has 0 spiro atoms. The lowest BCUT2D eigenvalue weighted by molar-refractivity contribution is -0.118. The first-order valence-corrected chi connectivity index (χ1v) is 10.5. The van der Waals surface area contributed by atoms with Crippen LogP contribution in [0.2, 0.25) is 5.02 Å². The highest BCUT2D eigenvalue weighted by molar-refractivity contribution is 7.99. The van der Waals surface area contributed by atoms with Crippen LogP contribution in [0.3, 0.4) is 0 Å². The lowest BCUT2D eigenvalue weighted by Crippen LogP contribution is -2.28. The van der Waals surface area contributed by atoms with Gasteiger partial charge in [-0.1, -0.05) is 54.6 Å². The number of carbonyl (C=O) groups is 1. The molecule has 7 heteroatoms. The van der Waals surface area contributed by atoms with E-state index in [1.807, 2.05) is 44.2 Å². The van der Waals surface area contributed by atoms with Gasteiger partial charge in [0.25, 0.3) is 5.56 Å². The van der Waals surface area contributed by atoms with Crippen molar-refractivity contribution in [3.05, 3.63) is 69.5 Å². The molecule has 0 unspecified atom stereocenters. The Morgan fingerprint density at radius 1 is 1.21 bits per heavy atom. The molecule has 0 aliphatic carbocycles. The van der Waals surface area contributed by atoms with Crippen molar-refractivity contribution in [3.8, 4) is 0 Å². The third kappa shape index (κ3) is 4.75. The number of carbonyl (C=O) groups excluding carboxylic acids is 1. The van der Waals surface area contributed by atoms with Crippen molar-refractivity contribution in [3.63, 3.8) is 0 Å². The fourth-order valence-corrected chi connectivity index (χ4v) is 3.84. The summed E-state index contributed by atoms with van der Waals surface area (Å²) in [7, 11) is 0. The molecule has 2 aromatic carbocycles. The van der Waals surface area contributed by atoms with Crippen molar-refractivity contribution in [2.75, 3.05) is 5.75 Å². The Bertz CT molecular complexity index is 1030. The largest absolute Gasteiger partial charge is 0.351 e. The minimum Gasteiger partial charge on any atom is -0.351 e. The van der Waals surface area contributed by atoms with Gasteiger partial charge in [0.15, 0.2) is 5.16 Å². The van der Waals surface area contributed by atoms with Crippen LogP contribution in [0.15, 0.2) is 58.5 Å². The number of aromatic nitrogens is 2. The van der Waals surface area contributed by atoms with Crippen LogP contribution in [0.5, 0.6) is 0 Å². The van der Waals surface area contributed by atoms with Crippen LogP contribution in [0.25, 0.3) is 10.9 Å². The van der Waals surface area contributed by atoms with Gasteiger partial charge in [0, 0.05) is 17.6 Å². The summed E-state index contributed by atoms with van der Waals surface area (Å²) < 4.78 is 1.69. The highest BCUT2D eigenvalue weighted by Crippen LogP contribution is 2.22. The number of hydrogen-bond acceptors (Lipinski definition) is 4. The number of fused-ring (bicyclic) bond motifs is 1. The Morgan fingerprint density at radius 3 is 2.64 bits per heavy atom. The molecular formula is C21H22ClN3O2S. The van der Waals surface area contributed by atoms with Crippen molar-refractivity contribution in [2.24, 2.45) is 0 Å². The van der Waals surface area contributed by atoms with Gasteiger partial charge in [0.2, 0.25) is 5.91 Å². The molecule has 0 saturated carbocycles. The van der Waals surface area contributed by atoms with Crippen LogP contribution in [0, 0.1) is 0 Å². The van der Waals surface area contributed by atoms with E-state index in [0.717, 1.165) is 12.0 Å². The Labute approximate surface area is 173 Å². The molecule has 0 aliphatic heterocycles. The second-order valence-corrected chi connectivity index (χ2v) is 7.91. The number of rotatable bonds is 7. The number of hydrogen-bond donors (Lipinski definition) is 1. The molecule has 1 amide bonds. The zero-order chi connectivity index (χ0) is 20.1. The average Bonchev–Trinajstić information content (AvgIpc) is 2.71. The van der Waals surface area contributed by atoms with Crippen molar-refractivity contribution < 1.29 is 4.79 Å². The Kier molecular flexibility index (Phi) is 6.75. The molecule has 28 heavy (non-hydrogen) atoms. The zero-order valence-electron chi connectivity index (χ0n) is 15.8. The fourth-order valence-electron chi connectivity index (χ4n) is 2.78. The second kappa shape index (κ2) is 9.26. The number of benzene rings is 2. The molecule has 3 rings (SSSR count). The van der Waals surface area contributed by atoms with Gasteiger partial charge in [-0.05, 0) is 43.2 Å². The molecule has 0 radical (unpaired) electrons. The summed E-state index contributed by atoms with van der Waals surface area (Å²) >= 11 is 7.16. The highest BCUT2D eigenvalue weighted by Gasteiger charge is 2.16. The van der Waals surface area contributed by atoms with E-state index < -0.39 is 0 Å². The van der Waals surface area contributed by atoms with Crippen LogP contribution in [0.1, 0.15) is 31.9 Å². The maximum atomic E-state index is 12.9. The number of halogens is 1. The number of amides is 1. The number of thioether (sulfide) groups is 1. The van der Waals surface area contributed by atoms with E-state index in [-0.39, 0.29) is 23.3 Å². The molecule has 3 aromatic rings. The summed E-state index contributed by atoms with van der Waals surface area (Å²) in [5.74, 6) is 0.0764. The van der Waals surface area contributed by atoms with E-state index in [2.05, 4.69) is 10.3 Å². The fraction of sp³-hybridized carbons (Fsp3) is 0.286. The smallest absolute Gasteiger partial charge is 0.262 e. The number of nitrogens with zero attached hydrogens (tertiary/aromatic N) is 2. The molecule has 0 saturated heterocycles. The van der Waals surface area contributed by atoms with Gasteiger partial charge >= 0.3 is 0 Å². The Morgan fingerprint density at radius 2 is 1.93 bits per heavy atom. The Hall–Kier alpha value is -2.31. The van der Waals surface area contributed by atoms with Crippen molar-refractivity contribution >= 4 is 40.2 Å². The van der Waals surface area contributed by atoms with Gasteiger partial charge in [-0.3, -0.25) is 14.2 Å². The summed E-state index contributed by atoms with van der Waals surface area (Å²) in [6.45, 7) is 4.45. The normalized spacial score (nSPS) is 12.1. The summed E-state index contributed by atoms with van der Waals surface area (Å²) in [5.41, 5.74) is 1.56. The molecule has 1 atom stereocenters. The SMILES string of the molecule is CC[C@@H](C)n1c(SCC(=O)NCc2ccc(Cl)cc2)nc2ccccc2c1=O. The maximum absolute atomic E-state index is 12.9. The van der Waals surface area contributed by atoms with E-state index in [1.165, 1.54) is 11.8 Å². The third-order valence-corrected chi connectivity index (χ3v) is 5.75. The molecule has 146 valence electrons. The molecule has 5 nitrogen and oxygen atoms in total. The average molecular weight is 416 g/mol. The first-order valence-electron chi connectivity index (χ1n) is 9.14. The summed E-state index contributed by atoms with van der Waals surface area (Å²) in [6.07, 6.45) is 0.802. The lowest BCUT2D eigenvalue weighted by Gasteiger charge is -2.18. The number of nitrogens with one attached hydrogen (secondary N) is 1. The van der Waals surface area contributed by atoms with Crippen LogP contribution < -0.4 is 10.9 Å². The lowest BCUT2D eigenvalue weighted by atomic mass is 10.2. The van der Waals surface area contributed by atoms with Gasteiger partial charge in [-0.2, -0.15) is 0 Å². The van der Waals surface area contributed by atoms with E-state index in [9.17, 15) is 9.59 Å².